The summed E-state index contributed by atoms with van der Waals surface area (Å²) < 4.78 is 0.937. The molecule has 1 unspecified atom stereocenters. The van der Waals surface area contributed by atoms with Crippen LogP contribution in [0.5, 0.6) is 0 Å². The van der Waals surface area contributed by atoms with Crippen LogP contribution in [0.25, 0.3) is 0 Å². The van der Waals surface area contributed by atoms with Gasteiger partial charge in [0.2, 0.25) is 0 Å². The Morgan fingerprint density at radius 1 is 1.11 bits per heavy atom. The van der Waals surface area contributed by atoms with E-state index in [0.717, 1.165) is 21.3 Å². The summed E-state index contributed by atoms with van der Waals surface area (Å²) in [6, 6.07) is 13.2. The zero-order valence-corrected chi connectivity index (χ0v) is 18.2. The normalized spacial score (nSPS) is 20.5. The number of halogens is 1. The molecule has 1 N–H and O–H groups in total. The van der Waals surface area contributed by atoms with Crippen molar-refractivity contribution in [3.05, 3.63) is 87.6 Å². The average Bonchev–Trinajstić information content (AvgIpc) is 2.92. The van der Waals surface area contributed by atoms with Gasteiger partial charge in [0.05, 0.1) is 6.54 Å². The molecule has 2 amide bonds. The molecular weight excluding hydrogens is 416 g/mol. The first-order valence-electron chi connectivity index (χ1n) is 9.27. The second-order valence-corrected chi connectivity index (χ2v) is 8.00. The number of amides is 2. The van der Waals surface area contributed by atoms with Crippen molar-refractivity contribution in [2.45, 2.75) is 33.4 Å². The van der Waals surface area contributed by atoms with Crippen LogP contribution in [0, 0.1) is 13.8 Å². The second-order valence-electron chi connectivity index (χ2n) is 7.09. The number of allylic oxidation sites excluding steroid dienone is 3. The summed E-state index contributed by atoms with van der Waals surface area (Å²) in [4.78, 5) is 16.5. The highest BCUT2D eigenvalue weighted by molar-refractivity contribution is 9.10. The Balaban J connectivity index is 2.16. The van der Waals surface area contributed by atoms with Crippen LogP contribution in [-0.2, 0) is 5.72 Å². The minimum absolute atomic E-state index is 0.144. The van der Waals surface area contributed by atoms with Crippen LogP contribution in [0.2, 0.25) is 0 Å². The molecule has 1 fully saturated rings. The van der Waals surface area contributed by atoms with Crippen LogP contribution >= 0.6 is 15.9 Å². The van der Waals surface area contributed by atoms with Gasteiger partial charge in [0.1, 0.15) is 0 Å². The summed E-state index contributed by atoms with van der Waals surface area (Å²) in [6.07, 6.45) is 5.56. The maximum atomic E-state index is 13.4. The Bertz CT molecular complexity index is 929. The fraction of sp³-hybridized carbons (Fsp3) is 0.261. The quantitative estimate of drug-likeness (QED) is 0.625. The summed E-state index contributed by atoms with van der Waals surface area (Å²) in [5.41, 5.74) is 2.74. The summed E-state index contributed by atoms with van der Waals surface area (Å²) in [7, 11) is 0. The number of aryl methyl sites for hydroxylation is 2. The predicted molar refractivity (Wildman–Crippen MR) is 117 cm³/mol. The number of hydrogen-bond donors (Lipinski definition) is 1. The van der Waals surface area contributed by atoms with E-state index >= 15 is 0 Å². The molecule has 146 valence electrons. The molecule has 1 aliphatic heterocycles. The maximum Gasteiger partial charge on any atom is 0.331 e. The minimum Gasteiger partial charge on any atom is -0.365 e. The van der Waals surface area contributed by atoms with Crippen molar-refractivity contribution < 1.29 is 9.90 Å². The van der Waals surface area contributed by atoms with Crippen molar-refractivity contribution in [1.29, 1.82) is 0 Å². The van der Waals surface area contributed by atoms with Crippen LogP contribution in [-0.4, -0.2) is 22.6 Å². The molecule has 0 bridgehead atoms. The standard InChI is InChI=1S/C23H25BrN2O2/c1-5-7-20(6-2)26-22(27)25(21-10-8-19(24)9-11-21)15-23(26,28)18-13-16(3)12-17(4)14-18/h5-14,28H,15H2,1-4H3/b7-5-,20-6+. The lowest BCUT2D eigenvalue weighted by atomic mass is 9.97. The fourth-order valence-electron chi connectivity index (χ4n) is 3.68. The van der Waals surface area contributed by atoms with Crippen LogP contribution < -0.4 is 4.90 Å². The molecule has 0 aliphatic carbocycles. The van der Waals surface area contributed by atoms with E-state index in [1.807, 2.05) is 82.3 Å². The van der Waals surface area contributed by atoms with Gasteiger partial charge < -0.3 is 5.11 Å². The molecule has 28 heavy (non-hydrogen) atoms. The molecule has 1 saturated heterocycles. The predicted octanol–water partition coefficient (Wildman–Crippen LogP) is 5.63. The smallest absolute Gasteiger partial charge is 0.331 e. The van der Waals surface area contributed by atoms with Crippen molar-refractivity contribution >= 4 is 27.6 Å². The van der Waals surface area contributed by atoms with Crippen LogP contribution in [0.3, 0.4) is 0 Å². The number of hydrogen-bond acceptors (Lipinski definition) is 2. The van der Waals surface area contributed by atoms with E-state index < -0.39 is 5.72 Å². The topological polar surface area (TPSA) is 43.8 Å². The van der Waals surface area contributed by atoms with E-state index in [1.165, 1.54) is 4.90 Å². The van der Waals surface area contributed by atoms with Gasteiger partial charge in [-0.3, -0.25) is 9.80 Å². The van der Waals surface area contributed by atoms with E-state index in [9.17, 15) is 9.90 Å². The fourth-order valence-corrected chi connectivity index (χ4v) is 3.95. The number of β-amino-alcohol motifs (C(OH)–C–C–N with tert-alkyl or cyclic N) is 1. The van der Waals surface area contributed by atoms with Gasteiger partial charge in [0, 0.05) is 21.4 Å². The van der Waals surface area contributed by atoms with Crippen LogP contribution in [0.1, 0.15) is 30.5 Å². The van der Waals surface area contributed by atoms with Gasteiger partial charge in [-0.2, -0.15) is 0 Å². The summed E-state index contributed by atoms with van der Waals surface area (Å²) >= 11 is 3.43. The highest BCUT2D eigenvalue weighted by atomic mass is 79.9. The van der Waals surface area contributed by atoms with Crippen molar-refractivity contribution in [1.82, 2.24) is 4.90 Å². The van der Waals surface area contributed by atoms with E-state index in [-0.39, 0.29) is 12.6 Å². The highest BCUT2D eigenvalue weighted by Gasteiger charge is 2.51. The number of aliphatic hydroxyl groups is 1. The lowest BCUT2D eigenvalue weighted by molar-refractivity contribution is -0.0395. The first-order valence-corrected chi connectivity index (χ1v) is 10.1. The molecule has 0 saturated carbocycles. The number of urea groups is 1. The Hall–Kier alpha value is -2.37. The Morgan fingerprint density at radius 3 is 2.25 bits per heavy atom. The summed E-state index contributed by atoms with van der Waals surface area (Å²) in [6.45, 7) is 7.90. The van der Waals surface area contributed by atoms with E-state index in [2.05, 4.69) is 22.0 Å². The Kier molecular flexibility index (Phi) is 5.77. The first kappa shape index (κ1) is 20.4. The Morgan fingerprint density at radius 2 is 1.71 bits per heavy atom. The monoisotopic (exact) mass is 440 g/mol. The van der Waals surface area contributed by atoms with E-state index in [4.69, 9.17) is 0 Å². The Labute approximate surface area is 174 Å². The number of nitrogens with zero attached hydrogens (tertiary/aromatic N) is 2. The van der Waals surface area contributed by atoms with Crippen molar-refractivity contribution in [3.63, 3.8) is 0 Å². The molecule has 1 heterocycles. The van der Waals surface area contributed by atoms with Crippen LogP contribution in [0.4, 0.5) is 10.5 Å². The first-order chi connectivity index (χ1) is 13.3. The van der Waals surface area contributed by atoms with Gasteiger partial charge in [0.15, 0.2) is 5.72 Å². The van der Waals surface area contributed by atoms with Gasteiger partial charge in [-0.05, 0) is 58.0 Å². The zero-order chi connectivity index (χ0) is 20.5. The molecular formula is C23H25BrN2O2. The number of carbonyl (C=O) groups is 1. The molecule has 0 aromatic heterocycles. The van der Waals surface area contributed by atoms with Crippen molar-refractivity contribution in [2.24, 2.45) is 0 Å². The minimum atomic E-state index is -1.47. The third-order valence-corrected chi connectivity index (χ3v) is 5.41. The van der Waals surface area contributed by atoms with Gasteiger partial charge in [-0.1, -0.05) is 57.4 Å². The second kappa shape index (κ2) is 7.94. The maximum absolute atomic E-state index is 13.4. The van der Waals surface area contributed by atoms with Gasteiger partial charge in [-0.15, -0.1) is 0 Å². The van der Waals surface area contributed by atoms with Gasteiger partial charge in [-0.25, -0.2) is 4.79 Å². The molecule has 1 atom stereocenters. The number of rotatable bonds is 4. The summed E-state index contributed by atoms with van der Waals surface area (Å²) in [5.74, 6) is 0. The highest BCUT2D eigenvalue weighted by Crippen LogP contribution is 2.40. The van der Waals surface area contributed by atoms with Gasteiger partial charge in [0.25, 0.3) is 0 Å². The number of carbonyl (C=O) groups excluding carboxylic acids is 1. The average molecular weight is 441 g/mol. The van der Waals surface area contributed by atoms with Crippen molar-refractivity contribution in [3.8, 4) is 0 Å². The molecule has 5 heteroatoms. The number of anilines is 1. The SMILES string of the molecule is C/C=C\C(=C/C)N1C(=O)N(c2ccc(Br)cc2)CC1(O)c1cc(C)cc(C)c1. The molecule has 0 spiro atoms. The zero-order valence-electron chi connectivity index (χ0n) is 16.6. The van der Waals surface area contributed by atoms with E-state index in [0.29, 0.717) is 11.3 Å². The molecule has 0 radical (unpaired) electrons. The molecule has 2 aromatic rings. The summed E-state index contributed by atoms with van der Waals surface area (Å²) in [5, 5.41) is 11.8. The van der Waals surface area contributed by atoms with E-state index in [1.54, 1.807) is 4.90 Å². The molecule has 2 aromatic carbocycles. The molecule has 4 nitrogen and oxygen atoms in total. The lowest BCUT2D eigenvalue weighted by Gasteiger charge is -2.33. The molecule has 1 aliphatic rings. The van der Waals surface area contributed by atoms with Crippen LogP contribution in [0.15, 0.2) is 70.9 Å². The molecule has 3 rings (SSSR count). The van der Waals surface area contributed by atoms with Crippen molar-refractivity contribution in [2.75, 3.05) is 11.4 Å². The number of benzene rings is 2. The largest absolute Gasteiger partial charge is 0.365 e. The third kappa shape index (κ3) is 3.64. The lowest BCUT2D eigenvalue weighted by Crippen LogP contribution is -2.43. The third-order valence-electron chi connectivity index (χ3n) is 4.88. The van der Waals surface area contributed by atoms with Gasteiger partial charge >= 0.3 is 6.03 Å².